The summed E-state index contributed by atoms with van der Waals surface area (Å²) in [6.45, 7) is 1.99. The monoisotopic (exact) mass is 332 g/mol. The van der Waals surface area contributed by atoms with Crippen LogP contribution in [0, 0.1) is 0 Å². The standard InChI is InChI=1S/C12H16N6O.2ClH/c1-2-3-10(13)12(19)17-9-4-5-11(15-6-9)18-8-14-7-16-18;;/h4-8,10H,2-3,13H2,1H3,(H,17,19);2*1H. The number of hydrogen-bond acceptors (Lipinski definition) is 5. The molecule has 1 unspecified atom stereocenters. The van der Waals surface area contributed by atoms with Gasteiger partial charge in [0.2, 0.25) is 5.91 Å². The number of amides is 1. The van der Waals surface area contributed by atoms with E-state index in [1.165, 1.54) is 11.0 Å². The lowest BCUT2D eigenvalue weighted by atomic mass is 10.1. The van der Waals surface area contributed by atoms with Crippen molar-refractivity contribution < 1.29 is 4.79 Å². The molecule has 1 atom stereocenters. The number of carbonyl (C=O) groups excluding carboxylic acids is 1. The molecule has 0 aliphatic carbocycles. The zero-order valence-corrected chi connectivity index (χ0v) is 13.1. The second-order valence-electron chi connectivity index (χ2n) is 4.13. The molecule has 0 radical (unpaired) electrons. The summed E-state index contributed by atoms with van der Waals surface area (Å²) in [5.74, 6) is 0.436. The predicted octanol–water partition coefficient (Wildman–Crippen LogP) is 1.57. The van der Waals surface area contributed by atoms with Crippen LogP contribution in [0.25, 0.3) is 5.82 Å². The molecular formula is C12H18Cl2N6O. The van der Waals surface area contributed by atoms with E-state index in [4.69, 9.17) is 5.73 Å². The van der Waals surface area contributed by atoms with Crippen LogP contribution in [0.15, 0.2) is 31.0 Å². The van der Waals surface area contributed by atoms with Crippen LogP contribution in [0.2, 0.25) is 0 Å². The first-order valence-corrected chi connectivity index (χ1v) is 6.08. The quantitative estimate of drug-likeness (QED) is 0.865. The van der Waals surface area contributed by atoms with Gasteiger partial charge in [-0.1, -0.05) is 13.3 Å². The number of carbonyl (C=O) groups is 1. The van der Waals surface area contributed by atoms with Gasteiger partial charge in [-0.2, -0.15) is 5.10 Å². The van der Waals surface area contributed by atoms with E-state index in [9.17, 15) is 4.79 Å². The van der Waals surface area contributed by atoms with Crippen molar-refractivity contribution in [3.05, 3.63) is 31.0 Å². The first-order valence-electron chi connectivity index (χ1n) is 6.08. The maximum atomic E-state index is 11.7. The molecule has 0 saturated carbocycles. The van der Waals surface area contributed by atoms with Gasteiger partial charge in [-0.15, -0.1) is 24.8 Å². The fourth-order valence-electron chi connectivity index (χ4n) is 1.60. The minimum atomic E-state index is -0.486. The first kappa shape index (κ1) is 19.3. The van der Waals surface area contributed by atoms with Gasteiger partial charge in [-0.25, -0.2) is 14.6 Å². The summed E-state index contributed by atoms with van der Waals surface area (Å²) >= 11 is 0. The van der Waals surface area contributed by atoms with Gasteiger partial charge in [-0.05, 0) is 18.6 Å². The molecule has 2 rings (SSSR count). The van der Waals surface area contributed by atoms with E-state index < -0.39 is 6.04 Å². The van der Waals surface area contributed by atoms with E-state index in [1.54, 1.807) is 24.7 Å². The van der Waals surface area contributed by atoms with Gasteiger partial charge >= 0.3 is 0 Å². The van der Waals surface area contributed by atoms with Gasteiger partial charge in [0.25, 0.3) is 0 Å². The Labute approximate surface area is 135 Å². The fraction of sp³-hybridized carbons (Fsp3) is 0.333. The molecule has 0 aliphatic rings. The number of rotatable bonds is 5. The highest BCUT2D eigenvalue weighted by Crippen LogP contribution is 2.09. The molecule has 1 amide bonds. The minimum Gasteiger partial charge on any atom is -0.323 e. The van der Waals surface area contributed by atoms with Crippen LogP contribution in [-0.2, 0) is 4.79 Å². The normalized spacial score (nSPS) is 11.0. The Balaban J connectivity index is 0.00000200. The molecule has 0 saturated heterocycles. The van der Waals surface area contributed by atoms with Crippen molar-refractivity contribution in [2.75, 3.05) is 5.32 Å². The Bertz CT molecular complexity index is 531. The number of aromatic nitrogens is 4. The van der Waals surface area contributed by atoms with E-state index in [1.807, 2.05) is 6.92 Å². The van der Waals surface area contributed by atoms with Gasteiger partial charge in [0, 0.05) is 0 Å². The highest BCUT2D eigenvalue weighted by molar-refractivity contribution is 5.94. The molecule has 0 bridgehead atoms. The average molecular weight is 333 g/mol. The van der Waals surface area contributed by atoms with Gasteiger partial charge < -0.3 is 11.1 Å². The summed E-state index contributed by atoms with van der Waals surface area (Å²) in [7, 11) is 0. The molecule has 0 aliphatic heterocycles. The lowest BCUT2D eigenvalue weighted by Crippen LogP contribution is -2.35. The van der Waals surface area contributed by atoms with Crippen LogP contribution in [-0.4, -0.2) is 31.7 Å². The zero-order valence-electron chi connectivity index (χ0n) is 11.5. The average Bonchev–Trinajstić information content (AvgIpc) is 2.94. The van der Waals surface area contributed by atoms with Crippen LogP contribution in [0.4, 0.5) is 5.69 Å². The Hall–Kier alpha value is -1.70. The maximum absolute atomic E-state index is 11.7. The Morgan fingerprint density at radius 1 is 1.43 bits per heavy atom. The molecule has 0 fully saturated rings. The van der Waals surface area contributed by atoms with Crippen molar-refractivity contribution in [2.45, 2.75) is 25.8 Å². The van der Waals surface area contributed by atoms with Crippen molar-refractivity contribution >= 4 is 36.4 Å². The fourth-order valence-corrected chi connectivity index (χ4v) is 1.60. The van der Waals surface area contributed by atoms with Crippen molar-refractivity contribution in [3.63, 3.8) is 0 Å². The van der Waals surface area contributed by atoms with Crippen molar-refractivity contribution in [1.82, 2.24) is 19.7 Å². The topological polar surface area (TPSA) is 98.7 Å². The lowest BCUT2D eigenvalue weighted by Gasteiger charge is -2.11. The zero-order chi connectivity index (χ0) is 13.7. The number of anilines is 1. The predicted molar refractivity (Wildman–Crippen MR) is 85.2 cm³/mol. The summed E-state index contributed by atoms with van der Waals surface area (Å²) in [6, 6.07) is 3.01. The van der Waals surface area contributed by atoms with Crippen LogP contribution in [0.1, 0.15) is 19.8 Å². The van der Waals surface area contributed by atoms with Gasteiger partial charge in [0.05, 0.1) is 17.9 Å². The molecular weight excluding hydrogens is 315 g/mol. The minimum absolute atomic E-state index is 0. The van der Waals surface area contributed by atoms with Crippen molar-refractivity contribution in [3.8, 4) is 5.82 Å². The molecule has 3 N–H and O–H groups in total. The highest BCUT2D eigenvalue weighted by atomic mass is 35.5. The third-order valence-corrected chi connectivity index (χ3v) is 2.61. The van der Waals surface area contributed by atoms with Gasteiger partial charge in [-0.3, -0.25) is 4.79 Å². The summed E-state index contributed by atoms with van der Waals surface area (Å²) in [5, 5.41) is 6.69. The van der Waals surface area contributed by atoms with Gasteiger partial charge in [0.1, 0.15) is 12.7 Å². The van der Waals surface area contributed by atoms with Crippen molar-refractivity contribution in [1.29, 1.82) is 0 Å². The Kier molecular flexibility index (Phi) is 8.52. The number of nitrogens with zero attached hydrogens (tertiary/aromatic N) is 4. The molecule has 2 heterocycles. The van der Waals surface area contributed by atoms with Crippen LogP contribution < -0.4 is 11.1 Å². The van der Waals surface area contributed by atoms with E-state index in [-0.39, 0.29) is 30.7 Å². The summed E-state index contributed by atoms with van der Waals surface area (Å²) in [5.41, 5.74) is 6.34. The third-order valence-electron chi connectivity index (χ3n) is 2.61. The smallest absolute Gasteiger partial charge is 0.241 e. The van der Waals surface area contributed by atoms with E-state index in [2.05, 4.69) is 20.4 Å². The number of halogens is 2. The number of nitrogens with two attached hydrogens (primary N) is 1. The largest absolute Gasteiger partial charge is 0.323 e. The second kappa shape index (κ2) is 9.28. The van der Waals surface area contributed by atoms with Crippen molar-refractivity contribution in [2.24, 2.45) is 5.73 Å². The molecule has 0 spiro atoms. The molecule has 2 aromatic heterocycles. The van der Waals surface area contributed by atoms with E-state index in [0.29, 0.717) is 17.9 Å². The number of pyridine rings is 1. The van der Waals surface area contributed by atoms with E-state index >= 15 is 0 Å². The van der Waals surface area contributed by atoms with Crippen LogP contribution in [0.5, 0.6) is 0 Å². The second-order valence-corrected chi connectivity index (χ2v) is 4.13. The molecule has 0 aromatic carbocycles. The summed E-state index contributed by atoms with van der Waals surface area (Å²) < 4.78 is 1.54. The first-order chi connectivity index (χ1) is 9.20. The van der Waals surface area contributed by atoms with Crippen LogP contribution >= 0.6 is 24.8 Å². The van der Waals surface area contributed by atoms with Gasteiger partial charge in [0.15, 0.2) is 5.82 Å². The molecule has 21 heavy (non-hydrogen) atoms. The van der Waals surface area contributed by atoms with Crippen LogP contribution in [0.3, 0.4) is 0 Å². The maximum Gasteiger partial charge on any atom is 0.241 e. The highest BCUT2D eigenvalue weighted by Gasteiger charge is 2.12. The Morgan fingerprint density at radius 2 is 2.19 bits per heavy atom. The lowest BCUT2D eigenvalue weighted by molar-refractivity contribution is -0.117. The molecule has 7 nitrogen and oxygen atoms in total. The van der Waals surface area contributed by atoms with E-state index in [0.717, 1.165) is 6.42 Å². The molecule has 9 heteroatoms. The Morgan fingerprint density at radius 3 is 2.71 bits per heavy atom. The SMILES string of the molecule is CCCC(N)C(=O)Nc1ccc(-n2cncn2)nc1.Cl.Cl. The summed E-state index contributed by atoms with van der Waals surface area (Å²) in [6.07, 6.45) is 6.08. The third kappa shape index (κ3) is 5.30. The number of hydrogen-bond donors (Lipinski definition) is 2. The summed E-state index contributed by atoms with van der Waals surface area (Å²) in [4.78, 5) is 19.7. The molecule has 116 valence electrons. The number of nitrogens with one attached hydrogen (secondary N) is 1. The molecule has 2 aromatic rings.